The van der Waals surface area contributed by atoms with Gasteiger partial charge >= 0.3 is 0 Å². The number of hydrogen-bond acceptors (Lipinski definition) is 1. The molecule has 2 aromatic carbocycles. The van der Waals surface area contributed by atoms with E-state index in [1.807, 2.05) is 36.4 Å². The van der Waals surface area contributed by atoms with Crippen LogP contribution in [0.25, 0.3) is 11.1 Å². The maximum Gasteiger partial charge on any atom is 0.131 e. The van der Waals surface area contributed by atoms with E-state index in [1.165, 1.54) is 6.07 Å². The van der Waals surface area contributed by atoms with Crippen molar-refractivity contribution in [2.24, 2.45) is 5.73 Å². The highest BCUT2D eigenvalue weighted by Crippen LogP contribution is 2.23. The topological polar surface area (TPSA) is 26.0 Å². The van der Waals surface area contributed by atoms with E-state index in [1.54, 1.807) is 6.07 Å². The van der Waals surface area contributed by atoms with Crippen LogP contribution in [-0.2, 0) is 6.42 Å². The Kier molecular flexibility index (Phi) is 3.32. The standard InChI is InChI=1S/C14H14FN/c15-14-7-6-11(8-9-16)10-13(14)12-4-2-1-3-5-12/h1-7,10H,8-9,16H2. The lowest BCUT2D eigenvalue weighted by Gasteiger charge is -2.06. The number of benzene rings is 2. The summed E-state index contributed by atoms with van der Waals surface area (Å²) < 4.78 is 13.7. The first-order valence-electron chi connectivity index (χ1n) is 5.35. The first-order valence-corrected chi connectivity index (χ1v) is 5.35. The zero-order chi connectivity index (χ0) is 11.4. The van der Waals surface area contributed by atoms with Gasteiger partial charge in [0.15, 0.2) is 0 Å². The third-order valence-corrected chi connectivity index (χ3v) is 2.55. The molecule has 0 heterocycles. The van der Waals surface area contributed by atoms with Crippen LogP contribution in [0.2, 0.25) is 0 Å². The highest BCUT2D eigenvalue weighted by Gasteiger charge is 2.05. The largest absolute Gasteiger partial charge is 0.330 e. The van der Waals surface area contributed by atoms with E-state index in [0.717, 1.165) is 17.5 Å². The van der Waals surface area contributed by atoms with Crippen molar-refractivity contribution in [3.63, 3.8) is 0 Å². The summed E-state index contributed by atoms with van der Waals surface area (Å²) in [6.07, 6.45) is 0.778. The molecular formula is C14H14FN. The third-order valence-electron chi connectivity index (χ3n) is 2.55. The Balaban J connectivity index is 2.43. The summed E-state index contributed by atoms with van der Waals surface area (Å²) in [6.45, 7) is 0.583. The van der Waals surface area contributed by atoms with Crippen molar-refractivity contribution in [1.29, 1.82) is 0 Å². The molecule has 0 aliphatic heterocycles. The summed E-state index contributed by atoms with van der Waals surface area (Å²) in [5, 5.41) is 0. The summed E-state index contributed by atoms with van der Waals surface area (Å²) in [4.78, 5) is 0. The molecule has 2 aromatic rings. The second-order valence-corrected chi connectivity index (χ2v) is 3.72. The van der Waals surface area contributed by atoms with Gasteiger partial charge in [0.2, 0.25) is 0 Å². The van der Waals surface area contributed by atoms with E-state index in [2.05, 4.69) is 0 Å². The molecule has 0 aromatic heterocycles. The van der Waals surface area contributed by atoms with Gasteiger partial charge in [0, 0.05) is 5.56 Å². The molecule has 2 rings (SSSR count). The average molecular weight is 215 g/mol. The first kappa shape index (κ1) is 10.8. The van der Waals surface area contributed by atoms with Crippen LogP contribution >= 0.6 is 0 Å². The maximum atomic E-state index is 13.7. The second-order valence-electron chi connectivity index (χ2n) is 3.72. The predicted molar refractivity (Wildman–Crippen MR) is 64.6 cm³/mol. The molecule has 0 saturated carbocycles. The molecule has 0 unspecified atom stereocenters. The first-order chi connectivity index (χ1) is 7.81. The van der Waals surface area contributed by atoms with Gasteiger partial charge in [0.1, 0.15) is 5.82 Å². The fraction of sp³-hybridized carbons (Fsp3) is 0.143. The summed E-state index contributed by atoms with van der Waals surface area (Å²) >= 11 is 0. The Bertz CT molecular complexity index is 465. The van der Waals surface area contributed by atoms with Gasteiger partial charge in [-0.05, 0) is 36.2 Å². The van der Waals surface area contributed by atoms with Crippen molar-refractivity contribution in [3.05, 3.63) is 59.9 Å². The lowest BCUT2D eigenvalue weighted by Crippen LogP contribution is -2.03. The molecule has 0 amide bonds. The molecule has 0 aliphatic carbocycles. The molecular weight excluding hydrogens is 201 g/mol. The van der Waals surface area contributed by atoms with Crippen molar-refractivity contribution < 1.29 is 4.39 Å². The molecule has 0 saturated heterocycles. The van der Waals surface area contributed by atoms with Gasteiger partial charge in [0.25, 0.3) is 0 Å². The Morgan fingerprint density at radius 1 is 1.00 bits per heavy atom. The fourth-order valence-electron chi connectivity index (χ4n) is 1.73. The predicted octanol–water partition coefficient (Wildman–Crippen LogP) is 2.99. The quantitative estimate of drug-likeness (QED) is 0.836. The van der Waals surface area contributed by atoms with Crippen LogP contribution in [-0.4, -0.2) is 6.54 Å². The van der Waals surface area contributed by atoms with Crippen LogP contribution in [0.15, 0.2) is 48.5 Å². The molecule has 0 aliphatic rings. The summed E-state index contributed by atoms with van der Waals surface area (Å²) in [6, 6.07) is 14.7. The minimum Gasteiger partial charge on any atom is -0.330 e. The summed E-state index contributed by atoms with van der Waals surface area (Å²) in [7, 11) is 0. The molecule has 2 heteroatoms. The molecule has 0 bridgehead atoms. The van der Waals surface area contributed by atoms with Gasteiger partial charge in [-0.3, -0.25) is 0 Å². The third kappa shape index (κ3) is 2.28. The van der Waals surface area contributed by atoms with Crippen molar-refractivity contribution in [3.8, 4) is 11.1 Å². The average Bonchev–Trinajstić information content (AvgIpc) is 2.33. The molecule has 82 valence electrons. The van der Waals surface area contributed by atoms with Crippen LogP contribution in [0.3, 0.4) is 0 Å². The van der Waals surface area contributed by atoms with Gasteiger partial charge in [0.05, 0.1) is 0 Å². The monoisotopic (exact) mass is 215 g/mol. The van der Waals surface area contributed by atoms with Crippen LogP contribution in [0.5, 0.6) is 0 Å². The minimum atomic E-state index is -0.188. The Hall–Kier alpha value is -1.67. The molecule has 0 radical (unpaired) electrons. The van der Waals surface area contributed by atoms with Crippen molar-refractivity contribution in [2.75, 3.05) is 6.54 Å². The molecule has 0 fully saturated rings. The molecule has 1 nitrogen and oxygen atoms in total. The Labute approximate surface area is 94.7 Å². The highest BCUT2D eigenvalue weighted by atomic mass is 19.1. The van der Waals surface area contributed by atoms with Crippen LogP contribution < -0.4 is 5.73 Å². The van der Waals surface area contributed by atoms with E-state index in [9.17, 15) is 4.39 Å². The van der Waals surface area contributed by atoms with Crippen LogP contribution in [0.4, 0.5) is 4.39 Å². The van der Waals surface area contributed by atoms with Crippen molar-refractivity contribution >= 4 is 0 Å². The number of halogens is 1. The van der Waals surface area contributed by atoms with Crippen molar-refractivity contribution in [1.82, 2.24) is 0 Å². The smallest absolute Gasteiger partial charge is 0.131 e. The molecule has 0 spiro atoms. The Morgan fingerprint density at radius 2 is 1.75 bits per heavy atom. The lowest BCUT2D eigenvalue weighted by molar-refractivity contribution is 0.630. The SMILES string of the molecule is NCCc1ccc(F)c(-c2ccccc2)c1. The van der Waals surface area contributed by atoms with Gasteiger partial charge in [-0.15, -0.1) is 0 Å². The minimum absolute atomic E-state index is 0.188. The molecule has 0 atom stereocenters. The van der Waals surface area contributed by atoms with E-state index < -0.39 is 0 Å². The number of nitrogens with two attached hydrogens (primary N) is 1. The van der Waals surface area contributed by atoms with Gasteiger partial charge in [-0.2, -0.15) is 0 Å². The van der Waals surface area contributed by atoms with E-state index in [0.29, 0.717) is 12.1 Å². The molecule has 2 N–H and O–H groups in total. The van der Waals surface area contributed by atoms with Crippen LogP contribution in [0.1, 0.15) is 5.56 Å². The van der Waals surface area contributed by atoms with Gasteiger partial charge in [-0.25, -0.2) is 4.39 Å². The van der Waals surface area contributed by atoms with Gasteiger partial charge < -0.3 is 5.73 Å². The summed E-state index contributed by atoms with van der Waals surface area (Å²) in [5.74, 6) is -0.188. The highest BCUT2D eigenvalue weighted by molar-refractivity contribution is 5.64. The summed E-state index contributed by atoms with van der Waals surface area (Å²) in [5.41, 5.74) is 8.11. The molecule has 16 heavy (non-hydrogen) atoms. The van der Waals surface area contributed by atoms with Crippen molar-refractivity contribution in [2.45, 2.75) is 6.42 Å². The fourth-order valence-corrected chi connectivity index (χ4v) is 1.73. The normalized spacial score (nSPS) is 10.4. The van der Waals surface area contributed by atoms with Gasteiger partial charge in [-0.1, -0.05) is 36.4 Å². The van der Waals surface area contributed by atoms with E-state index in [4.69, 9.17) is 5.73 Å². The number of rotatable bonds is 3. The number of hydrogen-bond donors (Lipinski definition) is 1. The Morgan fingerprint density at radius 3 is 2.44 bits per heavy atom. The zero-order valence-corrected chi connectivity index (χ0v) is 8.99. The lowest BCUT2D eigenvalue weighted by atomic mass is 10.0. The van der Waals surface area contributed by atoms with E-state index >= 15 is 0 Å². The van der Waals surface area contributed by atoms with E-state index in [-0.39, 0.29) is 5.82 Å². The second kappa shape index (κ2) is 4.90. The zero-order valence-electron chi connectivity index (χ0n) is 8.99. The van der Waals surface area contributed by atoms with Crippen LogP contribution in [0, 0.1) is 5.82 Å². The maximum absolute atomic E-state index is 13.7.